The average molecular weight is 246 g/mol. The molecule has 0 aromatic heterocycles. The molecule has 0 aromatic rings. The number of carbonyl (C=O) groups excluding carboxylic acids is 1. The van der Waals surface area contributed by atoms with Crippen molar-refractivity contribution < 1.29 is 29.6 Å². The van der Waals surface area contributed by atoms with Crippen LogP contribution in [-0.2, 0) is 14.3 Å². The van der Waals surface area contributed by atoms with Crippen molar-refractivity contribution in [3.8, 4) is 0 Å². The molecule has 7 atom stereocenters. The lowest BCUT2D eigenvalue weighted by molar-refractivity contribution is -0.291. The Hall–Kier alpha value is -0.690. The number of rotatable bonds is 1. The molecule has 6 nitrogen and oxygen atoms in total. The Morgan fingerprint density at radius 3 is 2.53 bits per heavy atom. The molecule has 2 fully saturated rings. The zero-order valence-corrected chi connectivity index (χ0v) is 9.81. The molecular formula is C11H18O6. The quantitative estimate of drug-likeness (QED) is 0.518. The average Bonchev–Trinajstić information content (AvgIpc) is 2.55. The molecule has 2 rings (SSSR count). The van der Waals surface area contributed by atoms with Crippen molar-refractivity contribution in [1.82, 2.24) is 0 Å². The molecule has 0 bridgehead atoms. The van der Waals surface area contributed by atoms with E-state index in [1.54, 1.807) is 6.92 Å². The second kappa shape index (κ2) is 4.53. The zero-order valence-electron chi connectivity index (χ0n) is 9.81. The predicted molar refractivity (Wildman–Crippen MR) is 55.4 cm³/mol. The molecule has 6 heteroatoms. The van der Waals surface area contributed by atoms with Crippen LogP contribution in [0.2, 0.25) is 0 Å². The number of hydrogen-bond donors (Lipinski definition) is 3. The fourth-order valence-corrected chi connectivity index (χ4v) is 3.11. The summed E-state index contributed by atoms with van der Waals surface area (Å²) in [5.74, 6) is -2.24. The fraction of sp³-hybridized carbons (Fsp3) is 0.909. The Labute approximate surface area is 99.1 Å². The molecule has 98 valence electrons. The molecular weight excluding hydrogens is 228 g/mol. The number of carbonyl (C=O) groups is 1. The topological polar surface area (TPSA) is 96.2 Å². The number of aliphatic hydroxyl groups excluding tert-OH is 3. The lowest BCUT2D eigenvalue weighted by atomic mass is 9.78. The Balaban J connectivity index is 2.26. The van der Waals surface area contributed by atoms with Gasteiger partial charge in [-0.3, -0.25) is 4.79 Å². The largest absolute Gasteiger partial charge is 0.469 e. The molecule has 0 radical (unpaired) electrons. The van der Waals surface area contributed by atoms with Gasteiger partial charge in [0.2, 0.25) is 0 Å². The van der Waals surface area contributed by atoms with Crippen LogP contribution in [0.1, 0.15) is 13.3 Å². The van der Waals surface area contributed by atoms with Gasteiger partial charge in [0.05, 0.1) is 13.2 Å². The van der Waals surface area contributed by atoms with E-state index in [9.17, 15) is 20.1 Å². The van der Waals surface area contributed by atoms with Crippen LogP contribution < -0.4 is 0 Å². The van der Waals surface area contributed by atoms with Crippen LogP contribution in [0, 0.1) is 23.7 Å². The first-order valence-corrected chi connectivity index (χ1v) is 5.75. The molecule has 1 saturated heterocycles. The van der Waals surface area contributed by atoms with Gasteiger partial charge in [0.25, 0.3) is 0 Å². The number of ether oxygens (including phenoxy) is 2. The van der Waals surface area contributed by atoms with Crippen molar-refractivity contribution in [3.63, 3.8) is 0 Å². The van der Waals surface area contributed by atoms with Gasteiger partial charge in [0, 0.05) is 5.92 Å². The van der Waals surface area contributed by atoms with Gasteiger partial charge in [-0.2, -0.15) is 0 Å². The maximum absolute atomic E-state index is 11.6. The highest BCUT2D eigenvalue weighted by atomic mass is 16.7. The maximum atomic E-state index is 11.6. The molecule has 1 aliphatic heterocycles. The molecule has 1 aliphatic carbocycles. The zero-order chi connectivity index (χ0) is 12.7. The third-order valence-electron chi connectivity index (χ3n) is 4.07. The van der Waals surface area contributed by atoms with Crippen molar-refractivity contribution in [1.29, 1.82) is 0 Å². The van der Waals surface area contributed by atoms with Gasteiger partial charge in [-0.15, -0.1) is 0 Å². The summed E-state index contributed by atoms with van der Waals surface area (Å²) in [6.45, 7) is 1.80. The van der Waals surface area contributed by atoms with E-state index in [0.717, 1.165) is 0 Å². The van der Waals surface area contributed by atoms with Crippen LogP contribution in [0.4, 0.5) is 0 Å². The van der Waals surface area contributed by atoms with E-state index >= 15 is 0 Å². The second-order valence-electron chi connectivity index (χ2n) is 4.87. The SMILES string of the molecule is COC(=O)C1C(O)OC(O)C2C(C)C(O)CC12. The number of hydrogen-bond acceptors (Lipinski definition) is 6. The number of fused-ring (bicyclic) bond motifs is 1. The van der Waals surface area contributed by atoms with Crippen LogP contribution in [0.5, 0.6) is 0 Å². The van der Waals surface area contributed by atoms with Gasteiger partial charge >= 0.3 is 5.97 Å². The van der Waals surface area contributed by atoms with E-state index in [-0.39, 0.29) is 17.8 Å². The Morgan fingerprint density at radius 2 is 1.94 bits per heavy atom. The second-order valence-corrected chi connectivity index (χ2v) is 4.87. The van der Waals surface area contributed by atoms with E-state index in [1.807, 2.05) is 0 Å². The summed E-state index contributed by atoms with van der Waals surface area (Å²) in [6, 6.07) is 0. The molecule has 1 heterocycles. The lowest BCUT2D eigenvalue weighted by Gasteiger charge is -2.39. The molecule has 17 heavy (non-hydrogen) atoms. The fourth-order valence-electron chi connectivity index (χ4n) is 3.11. The van der Waals surface area contributed by atoms with Gasteiger partial charge in [0.1, 0.15) is 5.92 Å². The normalized spacial score (nSPS) is 49.8. The smallest absolute Gasteiger partial charge is 0.314 e. The predicted octanol–water partition coefficient (Wildman–Crippen LogP) is -0.924. The third kappa shape index (κ3) is 1.95. The monoisotopic (exact) mass is 246 g/mol. The molecule has 0 amide bonds. The summed E-state index contributed by atoms with van der Waals surface area (Å²) in [7, 11) is 1.24. The van der Waals surface area contributed by atoms with E-state index in [4.69, 9.17) is 4.74 Å². The highest BCUT2D eigenvalue weighted by Crippen LogP contribution is 2.48. The molecule has 0 spiro atoms. The Bertz CT molecular complexity index is 306. The van der Waals surface area contributed by atoms with Crippen molar-refractivity contribution >= 4 is 5.97 Å². The third-order valence-corrected chi connectivity index (χ3v) is 4.07. The van der Waals surface area contributed by atoms with Crippen LogP contribution in [-0.4, -0.2) is 47.1 Å². The van der Waals surface area contributed by atoms with E-state index in [1.165, 1.54) is 7.11 Å². The van der Waals surface area contributed by atoms with Crippen molar-refractivity contribution in [3.05, 3.63) is 0 Å². The molecule has 2 aliphatic rings. The summed E-state index contributed by atoms with van der Waals surface area (Å²) in [6.07, 6.45) is -2.76. The number of methoxy groups -OCH3 is 1. The van der Waals surface area contributed by atoms with Crippen LogP contribution in [0.15, 0.2) is 0 Å². The first-order valence-electron chi connectivity index (χ1n) is 5.75. The van der Waals surface area contributed by atoms with Gasteiger partial charge in [-0.25, -0.2) is 0 Å². The summed E-state index contributed by atoms with van der Waals surface area (Å²) < 4.78 is 9.59. The first-order chi connectivity index (χ1) is 7.97. The van der Waals surface area contributed by atoms with Gasteiger partial charge in [0.15, 0.2) is 12.6 Å². The van der Waals surface area contributed by atoms with Crippen LogP contribution in [0.3, 0.4) is 0 Å². The van der Waals surface area contributed by atoms with E-state index in [2.05, 4.69) is 4.74 Å². The Kier molecular flexibility index (Phi) is 3.40. The van der Waals surface area contributed by atoms with Gasteiger partial charge < -0.3 is 24.8 Å². The summed E-state index contributed by atoms with van der Waals surface area (Å²) in [5, 5.41) is 29.3. The van der Waals surface area contributed by atoms with Gasteiger partial charge in [-0.05, 0) is 18.3 Å². The van der Waals surface area contributed by atoms with Crippen LogP contribution >= 0.6 is 0 Å². The minimum atomic E-state index is -1.38. The minimum Gasteiger partial charge on any atom is -0.469 e. The molecule has 0 aromatic carbocycles. The maximum Gasteiger partial charge on any atom is 0.314 e. The van der Waals surface area contributed by atoms with Crippen molar-refractivity contribution in [2.24, 2.45) is 23.7 Å². The molecule has 7 unspecified atom stereocenters. The molecule has 3 N–H and O–H groups in total. The highest BCUT2D eigenvalue weighted by Gasteiger charge is 2.55. The van der Waals surface area contributed by atoms with E-state index in [0.29, 0.717) is 6.42 Å². The number of esters is 1. The summed E-state index contributed by atoms with van der Waals surface area (Å²) >= 11 is 0. The van der Waals surface area contributed by atoms with Crippen molar-refractivity contribution in [2.45, 2.75) is 32.0 Å². The minimum absolute atomic E-state index is 0.172. The standard InChI is InChI=1S/C11H18O6/c1-4-6(12)3-5-7(4)10(14)17-11(15)8(5)9(13)16-2/h4-8,10-12,14-15H,3H2,1-2H3. The molecule has 1 saturated carbocycles. The summed E-state index contributed by atoms with van der Waals surface area (Å²) in [5.41, 5.74) is 0. The first kappa shape index (κ1) is 12.8. The number of aliphatic hydroxyl groups is 3. The Morgan fingerprint density at radius 1 is 1.29 bits per heavy atom. The summed E-state index contributed by atoms with van der Waals surface area (Å²) in [4.78, 5) is 11.6. The van der Waals surface area contributed by atoms with E-state index < -0.39 is 30.6 Å². The van der Waals surface area contributed by atoms with Crippen molar-refractivity contribution in [2.75, 3.05) is 7.11 Å². The van der Waals surface area contributed by atoms with Crippen LogP contribution in [0.25, 0.3) is 0 Å². The highest BCUT2D eigenvalue weighted by molar-refractivity contribution is 5.73. The van der Waals surface area contributed by atoms with Gasteiger partial charge in [-0.1, -0.05) is 6.92 Å². The lowest BCUT2D eigenvalue weighted by Crippen LogP contribution is -2.50.